The van der Waals surface area contributed by atoms with Crippen LogP contribution in [0.3, 0.4) is 0 Å². The SMILES string of the molecule is O=C(/C=C(\O)C(F)(F)F)C12CC3CC(CC(C3)C1)C2. The molecular weight excluding hydrogens is 257 g/mol. The molecule has 0 radical (unpaired) electrons. The number of aliphatic hydroxyl groups excluding tert-OH is 1. The number of ketones is 1. The molecule has 1 N–H and O–H groups in total. The molecule has 0 heterocycles. The van der Waals surface area contributed by atoms with Crippen LogP contribution in [0.1, 0.15) is 38.5 Å². The monoisotopic (exact) mass is 274 g/mol. The summed E-state index contributed by atoms with van der Waals surface area (Å²) < 4.78 is 36.9. The third kappa shape index (κ3) is 2.17. The van der Waals surface area contributed by atoms with E-state index >= 15 is 0 Å². The van der Waals surface area contributed by atoms with Crippen LogP contribution in [0, 0.1) is 23.2 Å². The first-order chi connectivity index (χ1) is 8.78. The molecule has 0 amide bonds. The quantitative estimate of drug-likeness (QED) is 0.614. The number of carbonyl (C=O) groups is 1. The number of alkyl halides is 3. The Bertz CT molecular complexity index is 401. The molecule has 4 rings (SSSR count). The topological polar surface area (TPSA) is 37.3 Å². The van der Waals surface area contributed by atoms with Crippen LogP contribution < -0.4 is 0 Å². The minimum Gasteiger partial charge on any atom is -0.504 e. The van der Waals surface area contributed by atoms with Crippen molar-refractivity contribution in [2.75, 3.05) is 0 Å². The number of aliphatic hydroxyl groups is 1. The van der Waals surface area contributed by atoms with Crippen LogP contribution >= 0.6 is 0 Å². The molecule has 106 valence electrons. The van der Waals surface area contributed by atoms with Crippen molar-refractivity contribution in [2.24, 2.45) is 23.2 Å². The number of halogens is 3. The maximum Gasteiger partial charge on any atom is 0.448 e. The molecule has 4 aliphatic rings. The van der Waals surface area contributed by atoms with Gasteiger partial charge >= 0.3 is 6.18 Å². The first-order valence-corrected chi connectivity index (χ1v) is 6.81. The van der Waals surface area contributed by atoms with E-state index < -0.39 is 23.1 Å². The fraction of sp³-hybridized carbons (Fsp3) is 0.786. The summed E-state index contributed by atoms with van der Waals surface area (Å²) in [4.78, 5) is 12.2. The van der Waals surface area contributed by atoms with Crippen molar-refractivity contribution in [3.63, 3.8) is 0 Å². The van der Waals surface area contributed by atoms with E-state index in [1.54, 1.807) is 0 Å². The van der Waals surface area contributed by atoms with Gasteiger partial charge in [0.05, 0.1) is 0 Å². The first-order valence-electron chi connectivity index (χ1n) is 6.81. The van der Waals surface area contributed by atoms with Crippen LogP contribution in [0.15, 0.2) is 11.8 Å². The van der Waals surface area contributed by atoms with Gasteiger partial charge in [-0.25, -0.2) is 0 Å². The van der Waals surface area contributed by atoms with Gasteiger partial charge in [0, 0.05) is 11.5 Å². The summed E-state index contributed by atoms with van der Waals surface area (Å²) in [6.07, 6.45) is 1.11. The average Bonchev–Trinajstić information content (AvgIpc) is 2.25. The minimum absolute atomic E-state index is 0.424. The minimum atomic E-state index is -4.82. The highest BCUT2D eigenvalue weighted by Gasteiger charge is 2.54. The molecule has 2 nitrogen and oxygen atoms in total. The second kappa shape index (κ2) is 4.00. The molecule has 4 bridgehead atoms. The Morgan fingerprint density at radius 2 is 1.47 bits per heavy atom. The van der Waals surface area contributed by atoms with Crippen molar-refractivity contribution < 1.29 is 23.1 Å². The molecule has 0 aromatic carbocycles. The lowest BCUT2D eigenvalue weighted by Crippen LogP contribution is -2.49. The van der Waals surface area contributed by atoms with Gasteiger partial charge < -0.3 is 5.11 Å². The molecular formula is C14H17F3O2. The Morgan fingerprint density at radius 1 is 1.05 bits per heavy atom. The smallest absolute Gasteiger partial charge is 0.448 e. The van der Waals surface area contributed by atoms with Gasteiger partial charge in [0.25, 0.3) is 0 Å². The van der Waals surface area contributed by atoms with Crippen molar-refractivity contribution in [1.29, 1.82) is 0 Å². The van der Waals surface area contributed by atoms with Crippen LogP contribution in [-0.4, -0.2) is 17.1 Å². The van der Waals surface area contributed by atoms with E-state index in [9.17, 15) is 18.0 Å². The van der Waals surface area contributed by atoms with E-state index in [2.05, 4.69) is 0 Å². The number of allylic oxidation sites excluding steroid dienone is 2. The lowest BCUT2D eigenvalue weighted by atomic mass is 9.48. The summed E-state index contributed by atoms with van der Waals surface area (Å²) in [5.74, 6) is -0.778. The van der Waals surface area contributed by atoms with Crippen molar-refractivity contribution in [1.82, 2.24) is 0 Å². The van der Waals surface area contributed by atoms with Gasteiger partial charge in [-0.15, -0.1) is 0 Å². The van der Waals surface area contributed by atoms with Crippen molar-refractivity contribution in [2.45, 2.75) is 44.7 Å². The summed E-state index contributed by atoms with van der Waals surface area (Å²) >= 11 is 0. The summed E-state index contributed by atoms with van der Waals surface area (Å²) in [5.41, 5.74) is -0.617. The van der Waals surface area contributed by atoms with Gasteiger partial charge in [0.2, 0.25) is 5.76 Å². The second-order valence-electron chi connectivity index (χ2n) is 6.59. The Morgan fingerprint density at radius 3 is 1.84 bits per heavy atom. The zero-order chi connectivity index (χ0) is 13.8. The number of rotatable bonds is 2. The molecule has 5 heteroatoms. The molecule has 4 aliphatic carbocycles. The summed E-state index contributed by atoms with van der Waals surface area (Å²) in [5, 5.41) is 8.97. The molecule has 0 aliphatic heterocycles. The molecule has 4 saturated carbocycles. The lowest BCUT2D eigenvalue weighted by Gasteiger charge is -2.55. The van der Waals surface area contributed by atoms with Crippen LogP contribution in [0.4, 0.5) is 13.2 Å². The Labute approximate surface area is 109 Å². The normalized spacial score (nSPS) is 41.6. The largest absolute Gasteiger partial charge is 0.504 e. The standard InChI is InChI=1S/C14H17F3O2/c15-14(16,17)12(19)4-11(18)13-5-8-1-9(6-13)3-10(2-8)7-13/h4,8-10,19H,1-3,5-7H2/b12-4-. The third-order valence-electron chi connectivity index (χ3n) is 5.12. The van der Waals surface area contributed by atoms with Crippen LogP contribution in [-0.2, 0) is 4.79 Å². The van der Waals surface area contributed by atoms with Gasteiger partial charge in [0.1, 0.15) is 0 Å². The fourth-order valence-electron chi connectivity index (χ4n) is 4.77. The average molecular weight is 274 g/mol. The maximum absolute atomic E-state index is 12.3. The Balaban J connectivity index is 1.84. The van der Waals surface area contributed by atoms with E-state index in [0.29, 0.717) is 43.1 Å². The van der Waals surface area contributed by atoms with Crippen LogP contribution in [0.5, 0.6) is 0 Å². The third-order valence-corrected chi connectivity index (χ3v) is 5.12. The second-order valence-corrected chi connectivity index (χ2v) is 6.59. The van der Waals surface area contributed by atoms with Crippen LogP contribution in [0.2, 0.25) is 0 Å². The molecule has 0 spiro atoms. The highest BCUT2D eigenvalue weighted by molar-refractivity contribution is 5.95. The highest BCUT2D eigenvalue weighted by Crippen LogP contribution is 2.60. The maximum atomic E-state index is 12.3. The number of hydrogen-bond acceptors (Lipinski definition) is 2. The van der Waals surface area contributed by atoms with Crippen LogP contribution in [0.25, 0.3) is 0 Å². The number of hydrogen-bond donors (Lipinski definition) is 1. The zero-order valence-electron chi connectivity index (χ0n) is 10.5. The predicted octanol–water partition coefficient (Wildman–Crippen LogP) is 3.78. The van der Waals surface area contributed by atoms with Gasteiger partial charge in [0.15, 0.2) is 5.78 Å². The molecule has 4 fully saturated rings. The molecule has 0 aromatic heterocycles. The predicted molar refractivity (Wildman–Crippen MR) is 62.4 cm³/mol. The summed E-state index contributed by atoms with van der Waals surface area (Å²) in [6.45, 7) is 0. The van der Waals surface area contributed by atoms with Gasteiger partial charge in [-0.2, -0.15) is 13.2 Å². The summed E-state index contributed by atoms with van der Waals surface area (Å²) in [7, 11) is 0. The van der Waals surface area contributed by atoms with E-state index in [1.807, 2.05) is 0 Å². The van der Waals surface area contributed by atoms with E-state index in [-0.39, 0.29) is 0 Å². The van der Waals surface area contributed by atoms with Gasteiger partial charge in [-0.1, -0.05) is 0 Å². The lowest BCUT2D eigenvalue weighted by molar-refractivity contribution is -0.141. The molecule has 19 heavy (non-hydrogen) atoms. The zero-order valence-corrected chi connectivity index (χ0v) is 10.5. The summed E-state index contributed by atoms with van der Waals surface area (Å²) in [6, 6.07) is 0. The molecule has 0 aromatic rings. The van der Waals surface area contributed by atoms with Crippen molar-refractivity contribution in [3.05, 3.63) is 11.8 Å². The number of carbonyl (C=O) groups excluding carboxylic acids is 1. The van der Waals surface area contributed by atoms with Crippen molar-refractivity contribution in [3.8, 4) is 0 Å². The highest BCUT2D eigenvalue weighted by atomic mass is 19.4. The Kier molecular flexibility index (Phi) is 2.74. The van der Waals surface area contributed by atoms with Gasteiger partial charge in [-0.05, 0) is 56.3 Å². The fourth-order valence-corrected chi connectivity index (χ4v) is 4.77. The van der Waals surface area contributed by atoms with Gasteiger partial charge in [-0.3, -0.25) is 4.79 Å². The van der Waals surface area contributed by atoms with Crippen molar-refractivity contribution >= 4 is 5.78 Å². The van der Waals surface area contributed by atoms with E-state index in [0.717, 1.165) is 19.3 Å². The Hall–Kier alpha value is -1.00. The first kappa shape index (κ1) is 13.0. The molecule has 0 unspecified atom stereocenters. The molecule has 0 atom stereocenters. The van der Waals surface area contributed by atoms with E-state index in [1.165, 1.54) is 0 Å². The van der Waals surface area contributed by atoms with E-state index in [4.69, 9.17) is 5.11 Å². The molecule has 0 saturated heterocycles.